The van der Waals surface area contributed by atoms with Gasteiger partial charge in [0.05, 0.1) is 0 Å². The van der Waals surface area contributed by atoms with Crippen LogP contribution in [0.3, 0.4) is 0 Å². The number of nitrogens with zero attached hydrogens (tertiary/aromatic N) is 1. The molecule has 0 unspecified atom stereocenters. The van der Waals surface area contributed by atoms with Gasteiger partial charge in [0.1, 0.15) is 0 Å². The molecular formula is C24H27I2NO5S2. The second kappa shape index (κ2) is 11.3. The van der Waals surface area contributed by atoms with E-state index in [2.05, 4.69) is 22.6 Å². The van der Waals surface area contributed by atoms with Gasteiger partial charge in [0.2, 0.25) is 0 Å². The number of halogens is 2. The van der Waals surface area contributed by atoms with E-state index in [4.69, 9.17) is 3.07 Å². The molecule has 0 aliphatic carbocycles. The third-order valence-corrected chi connectivity index (χ3v) is 18.4. The molecule has 0 bridgehead atoms. The van der Waals surface area contributed by atoms with Gasteiger partial charge in [-0.1, -0.05) is 0 Å². The Balaban J connectivity index is 2.33. The van der Waals surface area contributed by atoms with Crippen LogP contribution in [-0.2, 0) is 23.1 Å². The van der Waals surface area contributed by atoms with Crippen molar-refractivity contribution in [1.82, 2.24) is 1.92 Å². The average molecular weight is 727 g/mol. The molecule has 3 rings (SSSR count). The normalized spacial score (nSPS) is 13.6. The molecule has 34 heavy (non-hydrogen) atoms. The molecule has 6 nitrogen and oxygen atoms in total. The first-order chi connectivity index (χ1) is 16.0. The first-order valence-corrected chi connectivity index (χ1v) is 17.5. The third kappa shape index (κ3) is 5.67. The van der Waals surface area contributed by atoms with Crippen molar-refractivity contribution in [3.05, 3.63) is 93.1 Å². The Kier molecular flexibility index (Phi) is 9.18. The molecular weight excluding hydrogens is 700 g/mol. The topological polar surface area (TPSA) is 80.8 Å². The molecule has 0 N–H and O–H groups in total. The molecule has 0 radical (unpaired) electrons. The van der Waals surface area contributed by atoms with E-state index in [-0.39, 0.29) is 13.7 Å². The molecule has 0 aliphatic rings. The number of hydrogen-bond acceptors (Lipinski definition) is 5. The summed E-state index contributed by atoms with van der Waals surface area (Å²) in [4.78, 5) is -0.0996. The fourth-order valence-electron chi connectivity index (χ4n) is 3.28. The van der Waals surface area contributed by atoms with E-state index >= 15 is 0 Å². The zero-order valence-electron chi connectivity index (χ0n) is 19.3. The standard InChI is InChI=1S/C24H27I2NO5S2/c1-5-23(25)22-17-19(3)13-16-24(22)34(30,31)27(26(32-4)20-9-7-6-8-10-20)33(28,29)21-14-11-18(2)12-15-21/h6-17,23H,5H2,1-4H3/t23-/m1/s1. The quantitative estimate of drug-likeness (QED) is 0.145. The van der Waals surface area contributed by atoms with Crippen LogP contribution in [0.1, 0.15) is 34.0 Å². The molecule has 0 amide bonds. The molecule has 0 fully saturated rings. The summed E-state index contributed by atoms with van der Waals surface area (Å²) in [5, 5.41) is 0. The monoisotopic (exact) mass is 727 g/mol. The van der Waals surface area contributed by atoms with Gasteiger partial charge < -0.3 is 0 Å². The first kappa shape index (κ1) is 27.5. The molecule has 3 aromatic rings. The maximum atomic E-state index is 14.2. The SMILES string of the molecule is CC[C@@H](I)c1cc(C)ccc1S(=O)(=O)N(I(OC)c1ccccc1)S(=O)(=O)c1ccc(C)cc1. The molecule has 0 saturated carbocycles. The van der Waals surface area contributed by atoms with Gasteiger partial charge in [-0.15, -0.1) is 0 Å². The number of aryl methyl sites for hydroxylation is 2. The van der Waals surface area contributed by atoms with Gasteiger partial charge >= 0.3 is 226 Å². The van der Waals surface area contributed by atoms with Gasteiger partial charge in [-0.3, -0.25) is 0 Å². The average Bonchev–Trinajstić information content (AvgIpc) is 2.82. The fourth-order valence-corrected chi connectivity index (χ4v) is 15.7. The van der Waals surface area contributed by atoms with Crippen LogP contribution in [0.15, 0.2) is 82.6 Å². The van der Waals surface area contributed by atoms with Gasteiger partial charge in [-0.05, 0) is 0 Å². The Hall–Kier alpha value is -1.06. The van der Waals surface area contributed by atoms with Crippen molar-refractivity contribution < 1.29 is 19.9 Å². The summed E-state index contributed by atoms with van der Waals surface area (Å²) in [5.41, 5.74) is 2.37. The Labute approximate surface area is 224 Å². The van der Waals surface area contributed by atoms with E-state index in [0.29, 0.717) is 17.5 Å². The number of hydrogen-bond donors (Lipinski definition) is 0. The van der Waals surface area contributed by atoms with Gasteiger partial charge in [0.15, 0.2) is 0 Å². The molecule has 3 aromatic carbocycles. The van der Waals surface area contributed by atoms with Crippen molar-refractivity contribution in [2.75, 3.05) is 7.11 Å². The van der Waals surface area contributed by atoms with Crippen molar-refractivity contribution in [1.29, 1.82) is 0 Å². The summed E-state index contributed by atoms with van der Waals surface area (Å²) < 4.78 is 63.2. The van der Waals surface area contributed by atoms with Crippen LogP contribution in [0.25, 0.3) is 0 Å². The number of benzene rings is 3. The minimum absolute atomic E-state index is 0.00896. The van der Waals surface area contributed by atoms with Crippen LogP contribution in [-0.4, -0.2) is 25.9 Å². The molecule has 0 spiro atoms. The minimum atomic E-state index is -4.49. The third-order valence-electron chi connectivity index (χ3n) is 5.03. The predicted molar refractivity (Wildman–Crippen MR) is 152 cm³/mol. The zero-order chi connectivity index (χ0) is 25.1. The fraction of sp³-hybridized carbons (Fsp3) is 0.250. The van der Waals surface area contributed by atoms with Crippen molar-refractivity contribution in [2.24, 2.45) is 0 Å². The first-order valence-electron chi connectivity index (χ1n) is 10.5. The summed E-state index contributed by atoms with van der Waals surface area (Å²) in [7, 11) is -7.58. The number of sulfonamides is 2. The van der Waals surface area contributed by atoms with Crippen LogP contribution in [0, 0.1) is 17.4 Å². The second-order valence-corrected chi connectivity index (χ2v) is 18.6. The van der Waals surface area contributed by atoms with Gasteiger partial charge in [-0.25, -0.2) is 0 Å². The zero-order valence-corrected chi connectivity index (χ0v) is 25.2. The van der Waals surface area contributed by atoms with E-state index in [9.17, 15) is 16.8 Å². The molecule has 10 heteroatoms. The summed E-state index contributed by atoms with van der Waals surface area (Å²) in [6.45, 7) is 5.69. The van der Waals surface area contributed by atoms with Gasteiger partial charge in [0.25, 0.3) is 0 Å². The summed E-state index contributed by atoms with van der Waals surface area (Å²) in [6.07, 6.45) is 0.697. The molecule has 0 aliphatic heterocycles. The number of rotatable bonds is 9. The molecule has 0 aromatic heterocycles. The van der Waals surface area contributed by atoms with Gasteiger partial charge in [0, 0.05) is 0 Å². The van der Waals surface area contributed by atoms with Crippen molar-refractivity contribution in [3.8, 4) is 0 Å². The Morgan fingerprint density at radius 2 is 1.47 bits per heavy atom. The van der Waals surface area contributed by atoms with E-state index in [1.165, 1.54) is 25.3 Å². The van der Waals surface area contributed by atoms with E-state index in [1.54, 1.807) is 48.5 Å². The molecule has 1 atom stereocenters. The Bertz CT molecular complexity index is 1350. The summed E-state index contributed by atoms with van der Waals surface area (Å²) >= 11 is -1.24. The van der Waals surface area contributed by atoms with Crippen LogP contribution in [0.2, 0.25) is 0 Å². The Morgan fingerprint density at radius 3 is 2.03 bits per heavy atom. The maximum absolute atomic E-state index is 14.2. The molecule has 0 saturated heterocycles. The summed E-state index contributed by atoms with van der Waals surface area (Å²) in [5.74, 6) is 0. The Morgan fingerprint density at radius 1 is 0.882 bits per heavy atom. The van der Waals surface area contributed by atoms with Crippen LogP contribution in [0.4, 0.5) is 0 Å². The predicted octanol–water partition coefficient (Wildman–Crippen LogP) is 6.42. The molecule has 0 heterocycles. The molecule has 184 valence electrons. The van der Waals surface area contributed by atoms with E-state index < -0.39 is 40.6 Å². The second-order valence-electron chi connectivity index (χ2n) is 7.57. The van der Waals surface area contributed by atoms with Crippen molar-refractivity contribution >= 4 is 63.1 Å². The number of alkyl halides is 1. The summed E-state index contributed by atoms with van der Waals surface area (Å²) in [6, 6.07) is 19.9. The van der Waals surface area contributed by atoms with Crippen LogP contribution in [0.5, 0.6) is 0 Å². The van der Waals surface area contributed by atoms with E-state index in [0.717, 1.165) is 11.1 Å². The van der Waals surface area contributed by atoms with E-state index in [1.807, 2.05) is 26.8 Å². The van der Waals surface area contributed by atoms with Crippen molar-refractivity contribution in [3.63, 3.8) is 0 Å². The van der Waals surface area contributed by atoms with Gasteiger partial charge in [-0.2, -0.15) is 0 Å². The van der Waals surface area contributed by atoms with Crippen molar-refractivity contribution in [2.45, 2.75) is 40.9 Å². The van der Waals surface area contributed by atoms with Crippen LogP contribution >= 0.6 is 43.1 Å². The van der Waals surface area contributed by atoms with Crippen LogP contribution < -0.4 is 0 Å².